The van der Waals surface area contributed by atoms with Crippen molar-refractivity contribution in [2.75, 3.05) is 17.6 Å². The highest BCUT2D eigenvalue weighted by Gasteiger charge is 2.06. The van der Waals surface area contributed by atoms with Crippen molar-refractivity contribution in [1.82, 2.24) is 0 Å². The van der Waals surface area contributed by atoms with Gasteiger partial charge in [0, 0.05) is 22.2 Å². The van der Waals surface area contributed by atoms with Gasteiger partial charge in [-0.3, -0.25) is 0 Å². The van der Waals surface area contributed by atoms with Crippen LogP contribution in [0.25, 0.3) is 0 Å². The summed E-state index contributed by atoms with van der Waals surface area (Å²) >= 11 is 19.8. The number of nitrogens with one attached hydrogen (secondary N) is 1. The highest BCUT2D eigenvalue weighted by molar-refractivity contribution is 7.99. The minimum atomic E-state index is 0.541. The van der Waals surface area contributed by atoms with Crippen LogP contribution in [0.15, 0.2) is 47.4 Å². The van der Waals surface area contributed by atoms with Crippen molar-refractivity contribution in [3.8, 4) is 0 Å². The van der Waals surface area contributed by atoms with Gasteiger partial charge in [0.05, 0.1) is 15.7 Å². The largest absolute Gasteiger partial charge is 0.382 e. The van der Waals surface area contributed by atoms with Gasteiger partial charge >= 0.3 is 0 Å². The highest BCUT2D eigenvalue weighted by atomic mass is 35.5. The van der Waals surface area contributed by atoms with E-state index in [0.717, 1.165) is 18.0 Å². The molecule has 0 radical (unpaired) electrons. The molecule has 0 saturated carbocycles. The van der Waals surface area contributed by atoms with E-state index in [1.807, 2.05) is 18.2 Å². The molecular formula is C14H12Cl3NS. The molecule has 2 aromatic carbocycles. The Morgan fingerprint density at radius 2 is 1.58 bits per heavy atom. The molecule has 1 nitrogen and oxygen atoms in total. The topological polar surface area (TPSA) is 12.0 Å². The molecule has 0 fully saturated rings. The fourth-order valence-electron chi connectivity index (χ4n) is 1.57. The summed E-state index contributed by atoms with van der Waals surface area (Å²) in [5, 5.41) is 4.86. The SMILES string of the molecule is Clc1cc(Cl)c(NCCSc2ccccc2)c(Cl)c1. The maximum Gasteiger partial charge on any atom is 0.0720 e. The van der Waals surface area contributed by atoms with E-state index in [-0.39, 0.29) is 0 Å². The van der Waals surface area contributed by atoms with E-state index < -0.39 is 0 Å². The van der Waals surface area contributed by atoms with Crippen molar-refractivity contribution >= 4 is 52.3 Å². The second kappa shape index (κ2) is 7.30. The van der Waals surface area contributed by atoms with Crippen LogP contribution in [0.4, 0.5) is 5.69 Å². The molecule has 2 aromatic rings. The van der Waals surface area contributed by atoms with E-state index in [2.05, 4.69) is 17.4 Å². The van der Waals surface area contributed by atoms with E-state index in [0.29, 0.717) is 15.1 Å². The molecule has 0 amide bonds. The zero-order valence-corrected chi connectivity index (χ0v) is 13.1. The molecular weight excluding hydrogens is 321 g/mol. The third-order valence-electron chi connectivity index (χ3n) is 2.42. The monoisotopic (exact) mass is 331 g/mol. The summed E-state index contributed by atoms with van der Waals surface area (Å²) in [6.07, 6.45) is 0. The van der Waals surface area contributed by atoms with Gasteiger partial charge < -0.3 is 5.32 Å². The van der Waals surface area contributed by atoms with Crippen LogP contribution in [0, 0.1) is 0 Å². The van der Waals surface area contributed by atoms with E-state index in [9.17, 15) is 0 Å². The van der Waals surface area contributed by atoms with Crippen LogP contribution in [0.2, 0.25) is 15.1 Å². The molecule has 100 valence electrons. The lowest BCUT2D eigenvalue weighted by molar-refractivity contribution is 1.22. The average Bonchev–Trinajstić information content (AvgIpc) is 2.38. The molecule has 0 aromatic heterocycles. The quantitative estimate of drug-likeness (QED) is 0.544. The van der Waals surface area contributed by atoms with E-state index in [1.165, 1.54) is 4.90 Å². The van der Waals surface area contributed by atoms with Gasteiger partial charge in [0.1, 0.15) is 0 Å². The van der Waals surface area contributed by atoms with Crippen LogP contribution in [-0.2, 0) is 0 Å². The number of hydrogen-bond acceptors (Lipinski definition) is 2. The minimum absolute atomic E-state index is 0.541. The average molecular weight is 333 g/mol. The van der Waals surface area contributed by atoms with E-state index in [4.69, 9.17) is 34.8 Å². The van der Waals surface area contributed by atoms with E-state index >= 15 is 0 Å². The molecule has 2 rings (SSSR count). The van der Waals surface area contributed by atoms with Gasteiger partial charge in [0.25, 0.3) is 0 Å². The van der Waals surface area contributed by atoms with Gasteiger partial charge in [-0.25, -0.2) is 0 Å². The Morgan fingerprint density at radius 3 is 2.21 bits per heavy atom. The summed E-state index contributed by atoms with van der Waals surface area (Å²) in [4.78, 5) is 1.25. The summed E-state index contributed by atoms with van der Waals surface area (Å²) in [7, 11) is 0. The van der Waals surface area contributed by atoms with Crippen LogP contribution in [0.5, 0.6) is 0 Å². The van der Waals surface area contributed by atoms with Crippen molar-refractivity contribution in [1.29, 1.82) is 0 Å². The van der Waals surface area contributed by atoms with Crippen molar-refractivity contribution in [3.05, 3.63) is 57.5 Å². The number of anilines is 1. The fourth-order valence-corrected chi connectivity index (χ4v) is 3.31. The maximum atomic E-state index is 6.09. The molecule has 1 N–H and O–H groups in total. The van der Waals surface area contributed by atoms with Crippen molar-refractivity contribution in [2.45, 2.75) is 4.90 Å². The first-order valence-electron chi connectivity index (χ1n) is 5.73. The normalized spacial score (nSPS) is 10.5. The Morgan fingerprint density at radius 1 is 0.947 bits per heavy atom. The number of hydrogen-bond donors (Lipinski definition) is 1. The molecule has 0 aliphatic carbocycles. The van der Waals surface area contributed by atoms with Crippen LogP contribution in [0.3, 0.4) is 0 Å². The second-order valence-electron chi connectivity index (χ2n) is 3.83. The molecule has 0 aliphatic rings. The fraction of sp³-hybridized carbons (Fsp3) is 0.143. The number of thioether (sulfide) groups is 1. The van der Waals surface area contributed by atoms with Crippen molar-refractivity contribution in [2.24, 2.45) is 0 Å². The van der Waals surface area contributed by atoms with Gasteiger partial charge in [0.2, 0.25) is 0 Å². The molecule has 0 heterocycles. The van der Waals surface area contributed by atoms with Gasteiger partial charge in [-0.2, -0.15) is 0 Å². The third kappa shape index (κ3) is 4.50. The van der Waals surface area contributed by atoms with Crippen molar-refractivity contribution < 1.29 is 0 Å². The first kappa shape index (κ1) is 14.9. The second-order valence-corrected chi connectivity index (χ2v) is 6.25. The first-order valence-corrected chi connectivity index (χ1v) is 7.85. The van der Waals surface area contributed by atoms with Gasteiger partial charge in [0.15, 0.2) is 0 Å². The Bertz CT molecular complexity index is 523. The molecule has 0 unspecified atom stereocenters. The third-order valence-corrected chi connectivity index (χ3v) is 4.25. The summed E-state index contributed by atoms with van der Waals surface area (Å²) in [5.74, 6) is 0.930. The van der Waals surface area contributed by atoms with Crippen LogP contribution < -0.4 is 5.32 Å². The van der Waals surface area contributed by atoms with Gasteiger partial charge in [-0.1, -0.05) is 53.0 Å². The Labute approximate surface area is 132 Å². The van der Waals surface area contributed by atoms with Crippen LogP contribution in [0.1, 0.15) is 0 Å². The number of benzene rings is 2. The van der Waals surface area contributed by atoms with E-state index in [1.54, 1.807) is 23.9 Å². The maximum absolute atomic E-state index is 6.09. The molecule has 19 heavy (non-hydrogen) atoms. The van der Waals surface area contributed by atoms with Gasteiger partial charge in [-0.15, -0.1) is 11.8 Å². The highest BCUT2D eigenvalue weighted by Crippen LogP contribution is 2.33. The standard InChI is InChI=1S/C14H12Cl3NS/c15-10-8-12(16)14(13(17)9-10)18-6-7-19-11-4-2-1-3-5-11/h1-5,8-9,18H,6-7H2. The van der Waals surface area contributed by atoms with Gasteiger partial charge in [-0.05, 0) is 24.3 Å². The number of halogens is 3. The summed E-state index contributed by atoms with van der Waals surface area (Å²) < 4.78 is 0. The number of rotatable bonds is 5. The molecule has 5 heteroatoms. The zero-order valence-electron chi connectivity index (χ0n) is 10.00. The zero-order chi connectivity index (χ0) is 13.7. The lowest BCUT2D eigenvalue weighted by atomic mass is 10.3. The molecule has 0 saturated heterocycles. The Hall–Kier alpha value is -0.540. The predicted molar refractivity (Wildman–Crippen MR) is 87.1 cm³/mol. The Kier molecular flexibility index (Phi) is 5.71. The predicted octanol–water partition coefficient (Wildman–Crippen LogP) is 5.85. The lowest BCUT2D eigenvalue weighted by Crippen LogP contribution is -2.05. The van der Waals surface area contributed by atoms with Crippen molar-refractivity contribution in [3.63, 3.8) is 0 Å². The lowest BCUT2D eigenvalue weighted by Gasteiger charge is -2.10. The van der Waals surface area contributed by atoms with Crippen LogP contribution >= 0.6 is 46.6 Å². The summed E-state index contributed by atoms with van der Waals surface area (Å²) in [6.45, 7) is 0.778. The molecule has 0 aliphatic heterocycles. The Balaban J connectivity index is 1.86. The minimum Gasteiger partial charge on any atom is -0.382 e. The summed E-state index contributed by atoms with van der Waals surface area (Å²) in [6, 6.07) is 13.6. The first-order chi connectivity index (χ1) is 9.16. The molecule has 0 atom stereocenters. The molecule has 0 spiro atoms. The molecule has 0 bridgehead atoms. The smallest absolute Gasteiger partial charge is 0.0720 e. The summed E-state index contributed by atoms with van der Waals surface area (Å²) in [5.41, 5.74) is 0.737. The van der Waals surface area contributed by atoms with Crippen LogP contribution in [-0.4, -0.2) is 12.3 Å².